The molecule has 6 heteroatoms. The number of esters is 1. The number of rotatable bonds is 3. The van der Waals surface area contributed by atoms with Gasteiger partial charge in [0.25, 0.3) is 0 Å². The fraction of sp³-hybridized carbons (Fsp3) is 0.923. The van der Waals surface area contributed by atoms with Crippen LogP contribution in [0.1, 0.15) is 33.6 Å². The summed E-state index contributed by atoms with van der Waals surface area (Å²) in [6.07, 6.45) is -0.923. The van der Waals surface area contributed by atoms with Crippen molar-refractivity contribution < 1.29 is 63.8 Å². The van der Waals surface area contributed by atoms with Crippen molar-refractivity contribution in [3.05, 3.63) is 5.73 Å². The molecule has 0 saturated heterocycles. The van der Waals surface area contributed by atoms with Gasteiger partial charge in [-0.3, -0.25) is 0 Å². The quantitative estimate of drug-likeness (QED) is 0.592. The Hall–Kier alpha value is 0.792. The topological polar surface area (TPSA) is 90.6 Å². The maximum Gasteiger partial charge on any atom is 0.337 e. The Kier molecular flexibility index (Phi) is 8.02. The van der Waals surface area contributed by atoms with Crippen molar-refractivity contribution in [2.24, 2.45) is 17.8 Å². The standard InChI is InChI=1S/C13H24NO4.Ac/c1-7(2)8(3)9-5-13(17,12(16)18-4)6-10(15)11(9)14;/h7-11,14-15,17H,5-6H2,1-4H3;/q-1;/t8?,9-,10+,11-,13-;/m0./s1. The molecule has 5 nitrogen and oxygen atoms in total. The normalized spacial score (nSPS) is 36.5. The minimum atomic E-state index is -1.65. The van der Waals surface area contributed by atoms with Crippen molar-refractivity contribution in [2.75, 3.05) is 7.11 Å². The SMILES string of the molecule is COC(=O)[C@@]1(O)C[C@@H](O)[C@@H]([NH-])[C@H](C(C)C(C)C)C1.[Ac]. The second-order valence-electron chi connectivity index (χ2n) is 5.79. The van der Waals surface area contributed by atoms with E-state index in [9.17, 15) is 15.0 Å². The maximum atomic E-state index is 11.6. The Bertz CT molecular complexity index is 309. The summed E-state index contributed by atoms with van der Waals surface area (Å²) in [4.78, 5) is 11.6. The minimum absolute atomic E-state index is 0. The second-order valence-corrected chi connectivity index (χ2v) is 5.79. The van der Waals surface area contributed by atoms with E-state index in [0.29, 0.717) is 5.92 Å². The van der Waals surface area contributed by atoms with Gasteiger partial charge in [-0.25, -0.2) is 4.79 Å². The Morgan fingerprint density at radius 1 is 1.37 bits per heavy atom. The van der Waals surface area contributed by atoms with Crippen molar-refractivity contribution in [1.82, 2.24) is 0 Å². The number of methoxy groups -OCH3 is 1. The molecule has 3 N–H and O–H groups in total. The van der Waals surface area contributed by atoms with Crippen molar-refractivity contribution >= 4 is 5.97 Å². The van der Waals surface area contributed by atoms with Gasteiger partial charge in [0.2, 0.25) is 0 Å². The predicted molar refractivity (Wildman–Crippen MR) is 67.8 cm³/mol. The van der Waals surface area contributed by atoms with E-state index >= 15 is 0 Å². The van der Waals surface area contributed by atoms with E-state index in [2.05, 4.69) is 4.74 Å². The number of aliphatic hydroxyl groups excluding tert-OH is 1. The van der Waals surface area contributed by atoms with Crippen LogP contribution >= 0.6 is 0 Å². The van der Waals surface area contributed by atoms with Gasteiger partial charge >= 0.3 is 5.97 Å². The van der Waals surface area contributed by atoms with E-state index in [1.165, 1.54) is 7.11 Å². The molecule has 1 aliphatic carbocycles. The van der Waals surface area contributed by atoms with Crippen LogP contribution in [0, 0.1) is 61.8 Å². The molecule has 0 aromatic heterocycles. The van der Waals surface area contributed by atoms with E-state index in [0.717, 1.165) is 0 Å². The number of carbonyl (C=O) groups is 1. The third-order valence-electron chi connectivity index (χ3n) is 4.29. The van der Waals surface area contributed by atoms with Crippen molar-refractivity contribution in [1.29, 1.82) is 0 Å². The number of nitrogens with one attached hydrogen (secondary N) is 1. The van der Waals surface area contributed by atoms with Gasteiger partial charge in [-0.1, -0.05) is 20.8 Å². The van der Waals surface area contributed by atoms with Crippen LogP contribution in [-0.2, 0) is 9.53 Å². The van der Waals surface area contributed by atoms with Crippen LogP contribution in [0.3, 0.4) is 0 Å². The van der Waals surface area contributed by atoms with E-state index in [-0.39, 0.29) is 68.7 Å². The number of hydrogen-bond donors (Lipinski definition) is 2. The zero-order valence-electron chi connectivity index (χ0n) is 12.1. The van der Waals surface area contributed by atoms with Crippen LogP contribution in [0.25, 0.3) is 5.73 Å². The van der Waals surface area contributed by atoms with Crippen LogP contribution < -0.4 is 0 Å². The molecule has 1 fully saturated rings. The van der Waals surface area contributed by atoms with Gasteiger partial charge in [0.15, 0.2) is 5.60 Å². The summed E-state index contributed by atoms with van der Waals surface area (Å²) in [6, 6.07) is -0.660. The fourth-order valence-corrected chi connectivity index (χ4v) is 2.72. The van der Waals surface area contributed by atoms with Crippen LogP contribution in [-0.4, -0.2) is 41.0 Å². The molecule has 19 heavy (non-hydrogen) atoms. The number of hydrogen-bond acceptors (Lipinski definition) is 4. The fourth-order valence-electron chi connectivity index (χ4n) is 2.72. The second kappa shape index (κ2) is 7.70. The molecule has 1 saturated carbocycles. The Balaban J connectivity index is 0.00000324. The maximum absolute atomic E-state index is 11.6. The van der Waals surface area contributed by atoms with Crippen molar-refractivity contribution in [2.45, 2.75) is 51.4 Å². The Morgan fingerprint density at radius 2 is 1.89 bits per heavy atom. The van der Waals surface area contributed by atoms with Crippen molar-refractivity contribution in [3.8, 4) is 0 Å². The summed E-state index contributed by atoms with van der Waals surface area (Å²) in [7, 11) is 1.22. The van der Waals surface area contributed by atoms with Gasteiger partial charge in [0.1, 0.15) is 0 Å². The first kappa shape index (κ1) is 19.8. The van der Waals surface area contributed by atoms with E-state index in [1.807, 2.05) is 20.8 Å². The molecule has 0 amide bonds. The first-order valence-electron chi connectivity index (χ1n) is 6.43. The summed E-state index contributed by atoms with van der Waals surface area (Å²) in [5.41, 5.74) is 6.37. The van der Waals surface area contributed by atoms with E-state index < -0.39 is 23.7 Å². The van der Waals surface area contributed by atoms with Crippen LogP contribution in [0.2, 0.25) is 0 Å². The third kappa shape index (κ3) is 4.38. The zero-order valence-corrected chi connectivity index (χ0v) is 16.8. The smallest absolute Gasteiger partial charge is 0.337 e. The van der Waals surface area contributed by atoms with Gasteiger partial charge in [-0.05, 0) is 24.2 Å². The summed E-state index contributed by atoms with van der Waals surface area (Å²) in [5.74, 6) is -0.444. The molecule has 1 rings (SSSR count). The summed E-state index contributed by atoms with van der Waals surface area (Å²) >= 11 is 0. The molecule has 0 aliphatic heterocycles. The van der Waals surface area contributed by atoms with Gasteiger partial charge in [-0.2, -0.15) is 0 Å². The van der Waals surface area contributed by atoms with Crippen LogP contribution in [0.4, 0.5) is 0 Å². The van der Waals surface area contributed by atoms with E-state index in [4.69, 9.17) is 5.73 Å². The molecule has 1 radical (unpaired) electrons. The summed E-state index contributed by atoms with van der Waals surface area (Å²) in [5, 5.41) is 20.2. The summed E-state index contributed by atoms with van der Waals surface area (Å²) in [6.45, 7) is 6.07. The van der Waals surface area contributed by atoms with Gasteiger partial charge < -0.3 is 20.7 Å². The monoisotopic (exact) mass is 485 g/mol. The number of carbonyl (C=O) groups excluding carboxylic acids is 1. The Morgan fingerprint density at radius 3 is 2.32 bits per heavy atom. The number of aliphatic hydroxyl groups is 2. The largest absolute Gasteiger partial charge is 0.672 e. The molecule has 5 atom stereocenters. The van der Waals surface area contributed by atoms with Crippen LogP contribution in [0.15, 0.2) is 0 Å². The molecule has 0 bridgehead atoms. The molecular weight excluding hydrogens is 461 g/mol. The average molecular weight is 485 g/mol. The summed E-state index contributed by atoms with van der Waals surface area (Å²) < 4.78 is 4.60. The van der Waals surface area contributed by atoms with Crippen molar-refractivity contribution in [3.63, 3.8) is 0 Å². The first-order chi connectivity index (χ1) is 8.23. The molecule has 0 aromatic carbocycles. The Labute approximate surface area is 150 Å². The number of ether oxygens (including phenoxy) is 1. The van der Waals surface area contributed by atoms with Gasteiger partial charge in [-0.15, -0.1) is 6.04 Å². The molecule has 109 valence electrons. The molecule has 0 spiro atoms. The zero-order chi connectivity index (χ0) is 14.1. The van der Waals surface area contributed by atoms with Crippen LogP contribution in [0.5, 0.6) is 0 Å². The molecular formula is C13H24AcNO4-. The van der Waals surface area contributed by atoms with E-state index in [1.54, 1.807) is 0 Å². The van der Waals surface area contributed by atoms with Gasteiger partial charge in [0.05, 0.1) is 7.11 Å². The molecule has 1 unspecified atom stereocenters. The predicted octanol–water partition coefficient (Wildman–Crippen LogP) is 1.37. The minimum Gasteiger partial charge on any atom is -0.672 e. The van der Waals surface area contributed by atoms with Gasteiger partial charge in [0, 0.05) is 56.6 Å². The molecule has 0 aromatic rings. The first-order valence-corrected chi connectivity index (χ1v) is 6.43. The molecule has 1 aliphatic rings. The third-order valence-corrected chi connectivity index (χ3v) is 4.29. The average Bonchev–Trinajstić information content (AvgIpc) is 2.31. The molecule has 0 heterocycles.